The fourth-order valence-corrected chi connectivity index (χ4v) is 4.51. The summed E-state index contributed by atoms with van der Waals surface area (Å²) in [5, 5.41) is 2.80. The molecule has 10 nitrogen and oxygen atoms in total. The van der Waals surface area contributed by atoms with Gasteiger partial charge in [-0.1, -0.05) is 24.3 Å². The quantitative estimate of drug-likeness (QED) is 0.346. The molecule has 4 rings (SSSR count). The van der Waals surface area contributed by atoms with Gasteiger partial charge in [-0.3, -0.25) is 9.69 Å². The predicted molar refractivity (Wildman–Crippen MR) is 135 cm³/mol. The molecule has 0 bridgehead atoms. The zero-order valence-corrected chi connectivity index (χ0v) is 20.4. The largest absolute Gasteiger partial charge is 0.462 e. The number of carbonyl (C=O) groups excluding carboxylic acids is 2. The molecule has 1 amide bonds. The smallest absolute Gasteiger partial charge is 0.320 e. The molecule has 2 aromatic rings. The van der Waals surface area contributed by atoms with Crippen LogP contribution in [0.2, 0.25) is 0 Å². The maximum Gasteiger partial charge on any atom is 0.320 e. The summed E-state index contributed by atoms with van der Waals surface area (Å²) in [5.74, 6) is 0.605. The molecule has 3 N–H and O–H groups in total. The van der Waals surface area contributed by atoms with Gasteiger partial charge in [-0.25, -0.2) is 0 Å². The summed E-state index contributed by atoms with van der Waals surface area (Å²) >= 11 is 0. The van der Waals surface area contributed by atoms with Crippen molar-refractivity contribution in [2.24, 2.45) is 0 Å². The van der Waals surface area contributed by atoms with Crippen molar-refractivity contribution >= 4 is 29.5 Å². The van der Waals surface area contributed by atoms with Crippen LogP contribution in [0.5, 0.6) is 6.01 Å². The number of unbranched alkanes of at least 4 members (excludes halogenated alkanes) is 1. The maximum atomic E-state index is 12.4. The minimum Gasteiger partial charge on any atom is -0.462 e. The molecule has 3 heterocycles. The second-order valence-electron chi connectivity index (χ2n) is 9.26. The van der Waals surface area contributed by atoms with Crippen molar-refractivity contribution in [2.75, 3.05) is 62.3 Å². The predicted octanol–water partition coefficient (Wildman–Crippen LogP) is 1.90. The van der Waals surface area contributed by atoms with Crippen LogP contribution in [-0.4, -0.2) is 78.3 Å². The Morgan fingerprint density at radius 1 is 1.17 bits per heavy atom. The van der Waals surface area contributed by atoms with E-state index in [4.69, 9.17) is 10.5 Å². The SMILES string of the molecule is CN(CCCC=O)CCOc1nc(N)c2c(n1)N(Cc1cccc(CN3CCCC3)c1)CC(=O)N2. The van der Waals surface area contributed by atoms with Gasteiger partial charge in [0.05, 0.1) is 6.54 Å². The van der Waals surface area contributed by atoms with E-state index < -0.39 is 0 Å². The molecule has 0 spiro atoms. The Hall–Kier alpha value is -3.24. The summed E-state index contributed by atoms with van der Waals surface area (Å²) in [7, 11) is 1.98. The van der Waals surface area contributed by atoms with E-state index in [1.54, 1.807) is 0 Å². The highest BCUT2D eigenvalue weighted by molar-refractivity contribution is 6.03. The second-order valence-corrected chi connectivity index (χ2v) is 9.26. The van der Waals surface area contributed by atoms with Crippen LogP contribution in [0, 0.1) is 0 Å². The van der Waals surface area contributed by atoms with Gasteiger partial charge in [-0.05, 0) is 57.1 Å². The lowest BCUT2D eigenvalue weighted by Crippen LogP contribution is -2.39. The molecule has 188 valence electrons. The van der Waals surface area contributed by atoms with Gasteiger partial charge in [-0.15, -0.1) is 0 Å². The van der Waals surface area contributed by atoms with Gasteiger partial charge in [0.15, 0.2) is 11.6 Å². The number of fused-ring (bicyclic) bond motifs is 1. The number of nitrogens with zero attached hydrogens (tertiary/aromatic N) is 5. The van der Waals surface area contributed by atoms with E-state index in [1.807, 2.05) is 11.9 Å². The van der Waals surface area contributed by atoms with Gasteiger partial charge in [0.2, 0.25) is 5.91 Å². The van der Waals surface area contributed by atoms with Crippen LogP contribution in [-0.2, 0) is 22.7 Å². The standard InChI is InChI=1S/C25H35N7O3/c1-30(9-4-5-13-33)12-14-35-25-28-23(26)22-24(29-25)32(18-21(34)27-22)17-20-8-6-7-19(15-20)16-31-10-2-3-11-31/h6-8,13,15H,2-5,9-12,14,16-18H2,1H3,(H,27,34)(H2,26,28,29). The van der Waals surface area contributed by atoms with E-state index in [0.717, 1.165) is 44.4 Å². The average Bonchev–Trinajstić information content (AvgIpc) is 3.33. The first-order chi connectivity index (χ1) is 17.0. The van der Waals surface area contributed by atoms with Gasteiger partial charge >= 0.3 is 6.01 Å². The third-order valence-corrected chi connectivity index (χ3v) is 6.33. The molecule has 0 saturated carbocycles. The van der Waals surface area contributed by atoms with Crippen LogP contribution in [0.15, 0.2) is 24.3 Å². The molecular formula is C25H35N7O3. The molecule has 1 aromatic heterocycles. The summed E-state index contributed by atoms with van der Waals surface area (Å²) in [4.78, 5) is 38.2. The number of likely N-dealkylation sites (N-methyl/N-ethyl adjacent to an activating group) is 1. The van der Waals surface area contributed by atoms with Gasteiger partial charge in [0.25, 0.3) is 0 Å². The van der Waals surface area contributed by atoms with Crippen molar-refractivity contribution in [3.63, 3.8) is 0 Å². The number of anilines is 3. The normalized spacial score (nSPS) is 15.8. The van der Waals surface area contributed by atoms with Crippen molar-refractivity contribution < 1.29 is 14.3 Å². The molecule has 2 aliphatic rings. The van der Waals surface area contributed by atoms with Crippen LogP contribution in [0.3, 0.4) is 0 Å². The first-order valence-corrected chi connectivity index (χ1v) is 12.3. The molecule has 0 radical (unpaired) electrons. The van der Waals surface area contributed by atoms with Crippen LogP contribution >= 0.6 is 0 Å². The summed E-state index contributed by atoms with van der Waals surface area (Å²) in [6, 6.07) is 8.68. The molecule has 35 heavy (non-hydrogen) atoms. The zero-order chi connectivity index (χ0) is 24.6. The van der Waals surface area contributed by atoms with Gasteiger partial charge in [0.1, 0.15) is 18.6 Å². The third-order valence-electron chi connectivity index (χ3n) is 6.33. The Balaban J connectivity index is 1.43. The summed E-state index contributed by atoms with van der Waals surface area (Å²) in [6.45, 7) is 5.83. The lowest BCUT2D eigenvalue weighted by Gasteiger charge is -2.30. The molecule has 10 heteroatoms. The number of carbonyl (C=O) groups is 2. The highest BCUT2D eigenvalue weighted by Gasteiger charge is 2.27. The topological polar surface area (TPSA) is 117 Å². The fraction of sp³-hybridized carbons (Fsp3) is 0.520. The summed E-state index contributed by atoms with van der Waals surface area (Å²) in [6.07, 6.45) is 4.83. The first-order valence-electron chi connectivity index (χ1n) is 12.3. The highest BCUT2D eigenvalue weighted by Crippen LogP contribution is 2.34. The Morgan fingerprint density at radius 2 is 1.94 bits per heavy atom. The van der Waals surface area contributed by atoms with E-state index in [9.17, 15) is 9.59 Å². The number of hydrogen-bond acceptors (Lipinski definition) is 9. The second kappa shape index (κ2) is 11.9. The average molecular weight is 482 g/mol. The van der Waals surface area contributed by atoms with Crippen molar-refractivity contribution in [1.29, 1.82) is 0 Å². The molecule has 0 atom stereocenters. The molecular weight excluding hydrogens is 446 g/mol. The van der Waals surface area contributed by atoms with Crippen LogP contribution in [0.1, 0.15) is 36.8 Å². The summed E-state index contributed by atoms with van der Waals surface area (Å²) < 4.78 is 5.79. The number of aromatic nitrogens is 2. The Bertz CT molecular complexity index is 1030. The lowest BCUT2D eigenvalue weighted by molar-refractivity contribution is -0.115. The van der Waals surface area contributed by atoms with Crippen molar-refractivity contribution in [2.45, 2.75) is 38.8 Å². The van der Waals surface area contributed by atoms with Crippen LogP contribution in [0.25, 0.3) is 0 Å². The number of likely N-dealkylation sites (tertiary alicyclic amines) is 1. The highest BCUT2D eigenvalue weighted by atomic mass is 16.5. The molecule has 0 aliphatic carbocycles. The molecule has 1 fully saturated rings. The number of amides is 1. The third kappa shape index (κ3) is 6.89. The minimum absolute atomic E-state index is 0.147. The van der Waals surface area contributed by atoms with Crippen LogP contribution < -0.4 is 20.7 Å². The van der Waals surface area contributed by atoms with Gasteiger partial charge in [-0.2, -0.15) is 9.97 Å². The van der Waals surface area contributed by atoms with Crippen LogP contribution in [0.4, 0.5) is 17.3 Å². The number of benzene rings is 1. The first kappa shape index (κ1) is 24.9. The van der Waals surface area contributed by atoms with E-state index >= 15 is 0 Å². The Kier molecular flexibility index (Phi) is 8.49. The van der Waals surface area contributed by atoms with E-state index in [0.29, 0.717) is 37.6 Å². The van der Waals surface area contributed by atoms with Gasteiger partial charge in [0, 0.05) is 26.1 Å². The molecule has 0 unspecified atom stereocenters. The van der Waals surface area contributed by atoms with Crippen molar-refractivity contribution in [3.8, 4) is 6.01 Å². The number of nitrogens with one attached hydrogen (secondary N) is 1. The lowest BCUT2D eigenvalue weighted by atomic mass is 10.1. The zero-order valence-electron chi connectivity index (χ0n) is 20.4. The fourth-order valence-electron chi connectivity index (χ4n) is 4.51. The monoisotopic (exact) mass is 481 g/mol. The van der Waals surface area contributed by atoms with E-state index in [2.05, 4.69) is 49.4 Å². The van der Waals surface area contributed by atoms with Gasteiger partial charge < -0.3 is 30.4 Å². The van der Waals surface area contributed by atoms with Crippen molar-refractivity contribution in [3.05, 3.63) is 35.4 Å². The summed E-state index contributed by atoms with van der Waals surface area (Å²) in [5.41, 5.74) is 8.97. The number of rotatable bonds is 12. The Morgan fingerprint density at radius 3 is 2.71 bits per heavy atom. The maximum absolute atomic E-state index is 12.4. The minimum atomic E-state index is -0.147. The molecule has 1 aromatic carbocycles. The molecule has 1 saturated heterocycles. The van der Waals surface area contributed by atoms with E-state index in [-0.39, 0.29) is 24.3 Å². The number of nitrogens with two attached hydrogens (primary N) is 1. The number of hydrogen-bond donors (Lipinski definition) is 2. The number of nitrogen functional groups attached to an aromatic ring is 1. The number of ether oxygens (including phenoxy) is 1. The van der Waals surface area contributed by atoms with E-state index in [1.165, 1.54) is 18.4 Å². The van der Waals surface area contributed by atoms with Crippen molar-refractivity contribution in [1.82, 2.24) is 19.8 Å². The number of aldehydes is 1. The Labute approximate surface area is 206 Å². The molecule has 2 aliphatic heterocycles.